The smallest absolute Gasteiger partial charge is 0.384 e. The molecule has 3 aromatic heterocycles. The van der Waals surface area contributed by atoms with Crippen molar-refractivity contribution >= 4 is 16.8 Å². The van der Waals surface area contributed by atoms with E-state index >= 15 is 0 Å². The quantitative estimate of drug-likeness (QED) is 0.278. The molecule has 5 heterocycles. The van der Waals surface area contributed by atoms with Crippen LogP contribution in [-0.4, -0.2) is 84.1 Å². The molecular formula is C31H34F3N7O3. The lowest BCUT2D eigenvalue weighted by Gasteiger charge is -2.41. The van der Waals surface area contributed by atoms with Gasteiger partial charge in [-0.3, -0.25) is 14.8 Å². The second-order valence-corrected chi connectivity index (χ2v) is 12.1. The molecule has 13 heteroatoms. The molecule has 4 aromatic rings. The van der Waals surface area contributed by atoms with Crippen molar-refractivity contribution in [3.63, 3.8) is 0 Å². The first-order chi connectivity index (χ1) is 21.2. The number of likely N-dealkylation sites (tertiary alicyclic amines) is 2. The number of pyridine rings is 1. The molecule has 44 heavy (non-hydrogen) atoms. The first-order valence-electron chi connectivity index (χ1n) is 15.1. The van der Waals surface area contributed by atoms with E-state index in [4.69, 9.17) is 4.52 Å². The maximum absolute atomic E-state index is 13.2. The first kappa shape index (κ1) is 29.1. The van der Waals surface area contributed by atoms with Crippen LogP contribution < -0.4 is 5.32 Å². The minimum Gasteiger partial charge on any atom is -0.384 e. The number of alkyl halides is 3. The van der Waals surface area contributed by atoms with Crippen LogP contribution in [0.4, 0.5) is 19.0 Å². The molecule has 3 fully saturated rings. The molecule has 1 aromatic carbocycles. The highest BCUT2D eigenvalue weighted by atomic mass is 19.4. The third-order valence-electron chi connectivity index (χ3n) is 9.61. The number of nitrogens with zero attached hydrogens (tertiary/aromatic N) is 6. The SMILES string of the molecule is OC(CNc1noc2ccc(C(F)(F)F)cc12)N1CC[C@@H]2[C@H]1CCN2C1CCC(O)(c2ccc(-c3ncccn3)cn2)CC1. The van der Waals surface area contributed by atoms with E-state index in [2.05, 4.69) is 35.2 Å². The van der Waals surface area contributed by atoms with Gasteiger partial charge in [0.15, 0.2) is 17.2 Å². The summed E-state index contributed by atoms with van der Waals surface area (Å²) >= 11 is 0. The Kier molecular flexibility index (Phi) is 7.51. The summed E-state index contributed by atoms with van der Waals surface area (Å²) in [6, 6.07) is 9.62. The van der Waals surface area contributed by atoms with Gasteiger partial charge in [0.05, 0.1) is 23.2 Å². The molecule has 10 nitrogen and oxygen atoms in total. The van der Waals surface area contributed by atoms with Gasteiger partial charge in [0, 0.05) is 55.4 Å². The van der Waals surface area contributed by atoms with Gasteiger partial charge in [-0.05, 0) is 74.9 Å². The number of aliphatic hydroxyl groups excluding tert-OH is 1. The largest absolute Gasteiger partial charge is 0.416 e. The summed E-state index contributed by atoms with van der Waals surface area (Å²) in [6.07, 6.45) is 4.61. The average molecular weight is 610 g/mol. The standard InChI is InChI=1S/C31H34F3N7O3/c32-31(33,34)20-3-4-25-22(16-20)29(39-44-25)38-18-27(42)41-15-9-23-24(41)8-14-40(23)21-6-10-30(43,11-7-21)26-5-2-19(17-37-26)28-35-12-1-13-36-28/h1-5,12-13,16-17,21,23-24,27,42-43H,6-11,14-15,18H2,(H,38,39)/t21?,23-,24-,27?,30?/m1/s1. The van der Waals surface area contributed by atoms with Crippen molar-refractivity contribution in [3.05, 3.63) is 66.2 Å². The van der Waals surface area contributed by atoms with Crippen LogP contribution in [-0.2, 0) is 11.8 Å². The van der Waals surface area contributed by atoms with Gasteiger partial charge >= 0.3 is 6.18 Å². The minimum absolute atomic E-state index is 0.111. The molecule has 2 saturated heterocycles. The second-order valence-electron chi connectivity index (χ2n) is 12.1. The first-order valence-corrected chi connectivity index (χ1v) is 15.1. The Hall–Kier alpha value is -3.65. The zero-order chi connectivity index (χ0) is 30.5. The Labute approximate surface area is 251 Å². The van der Waals surface area contributed by atoms with Gasteiger partial charge in [-0.2, -0.15) is 13.2 Å². The number of halogens is 3. The van der Waals surface area contributed by atoms with E-state index in [0.29, 0.717) is 36.4 Å². The van der Waals surface area contributed by atoms with Crippen molar-refractivity contribution in [2.24, 2.45) is 0 Å². The Morgan fingerprint density at radius 3 is 2.50 bits per heavy atom. The molecule has 0 spiro atoms. The Morgan fingerprint density at radius 2 is 1.77 bits per heavy atom. The topological polar surface area (TPSA) is 124 Å². The number of aliphatic hydroxyl groups is 2. The highest BCUT2D eigenvalue weighted by Crippen LogP contribution is 2.42. The monoisotopic (exact) mass is 609 g/mol. The van der Waals surface area contributed by atoms with Crippen LogP contribution in [0.2, 0.25) is 0 Å². The number of anilines is 1. The number of nitrogens with one attached hydrogen (secondary N) is 1. The zero-order valence-electron chi connectivity index (χ0n) is 24.0. The van der Waals surface area contributed by atoms with Gasteiger partial charge in [0.25, 0.3) is 0 Å². The van der Waals surface area contributed by atoms with Crippen molar-refractivity contribution in [2.45, 2.75) is 74.7 Å². The fourth-order valence-electron chi connectivity index (χ4n) is 7.34. The maximum Gasteiger partial charge on any atom is 0.416 e. The van der Waals surface area contributed by atoms with Crippen LogP contribution in [0.15, 0.2) is 59.5 Å². The fourth-order valence-corrected chi connectivity index (χ4v) is 7.34. The van der Waals surface area contributed by atoms with Crippen molar-refractivity contribution in [1.82, 2.24) is 29.9 Å². The van der Waals surface area contributed by atoms with Gasteiger partial charge in [-0.25, -0.2) is 9.97 Å². The number of hydrogen-bond donors (Lipinski definition) is 3. The van der Waals surface area contributed by atoms with Crippen LogP contribution in [0.25, 0.3) is 22.4 Å². The van der Waals surface area contributed by atoms with Gasteiger partial charge < -0.3 is 20.1 Å². The molecule has 7 rings (SSSR count). The fraction of sp³-hybridized carbons (Fsp3) is 0.484. The van der Waals surface area contributed by atoms with Crippen molar-refractivity contribution < 1.29 is 27.9 Å². The molecule has 0 radical (unpaired) electrons. The highest BCUT2D eigenvalue weighted by molar-refractivity contribution is 5.88. The lowest BCUT2D eigenvalue weighted by Crippen LogP contribution is -2.48. The number of fused-ring (bicyclic) bond motifs is 2. The Balaban J connectivity index is 0.946. The molecule has 1 unspecified atom stereocenters. The summed E-state index contributed by atoms with van der Waals surface area (Å²) in [5, 5.41) is 29.7. The van der Waals surface area contributed by atoms with E-state index in [0.717, 1.165) is 56.5 Å². The number of rotatable bonds is 7. The number of benzene rings is 1. The molecule has 1 saturated carbocycles. The van der Waals surface area contributed by atoms with E-state index in [9.17, 15) is 23.4 Å². The minimum atomic E-state index is -4.47. The predicted octanol–water partition coefficient (Wildman–Crippen LogP) is 4.41. The molecule has 3 aliphatic rings. The maximum atomic E-state index is 13.2. The Morgan fingerprint density at radius 1 is 1.00 bits per heavy atom. The zero-order valence-corrected chi connectivity index (χ0v) is 24.0. The lowest BCUT2D eigenvalue weighted by atomic mass is 9.79. The van der Waals surface area contributed by atoms with Gasteiger partial charge in [0.2, 0.25) is 0 Å². The average Bonchev–Trinajstić information content (AvgIpc) is 3.76. The normalized spacial score (nSPS) is 27.1. The van der Waals surface area contributed by atoms with Gasteiger partial charge in [0.1, 0.15) is 11.8 Å². The van der Waals surface area contributed by atoms with E-state index in [1.54, 1.807) is 24.7 Å². The van der Waals surface area contributed by atoms with E-state index < -0.39 is 23.6 Å². The summed E-state index contributed by atoms with van der Waals surface area (Å²) in [6.45, 7) is 1.76. The predicted molar refractivity (Wildman–Crippen MR) is 155 cm³/mol. The van der Waals surface area contributed by atoms with Crippen LogP contribution >= 0.6 is 0 Å². The van der Waals surface area contributed by atoms with Gasteiger partial charge in [-0.1, -0.05) is 5.16 Å². The molecule has 3 N–H and O–H groups in total. The second kappa shape index (κ2) is 11.4. The van der Waals surface area contributed by atoms with Crippen molar-refractivity contribution in [3.8, 4) is 11.4 Å². The summed E-state index contributed by atoms with van der Waals surface area (Å²) in [5.74, 6) is 0.782. The molecule has 232 valence electrons. The van der Waals surface area contributed by atoms with E-state index in [1.807, 2.05) is 12.1 Å². The molecular weight excluding hydrogens is 575 g/mol. The molecule has 3 atom stereocenters. The van der Waals surface area contributed by atoms with Crippen LogP contribution in [0.5, 0.6) is 0 Å². The van der Waals surface area contributed by atoms with Gasteiger partial charge in [-0.15, -0.1) is 0 Å². The van der Waals surface area contributed by atoms with Crippen molar-refractivity contribution in [1.29, 1.82) is 0 Å². The van der Waals surface area contributed by atoms with Crippen LogP contribution in [0, 0.1) is 0 Å². The van der Waals surface area contributed by atoms with E-state index in [1.165, 1.54) is 6.07 Å². The third-order valence-corrected chi connectivity index (χ3v) is 9.61. The molecule has 1 aliphatic carbocycles. The number of aromatic nitrogens is 4. The summed E-state index contributed by atoms with van der Waals surface area (Å²) in [4.78, 5) is 17.7. The van der Waals surface area contributed by atoms with Crippen molar-refractivity contribution in [2.75, 3.05) is 25.0 Å². The molecule has 2 aliphatic heterocycles. The lowest BCUT2D eigenvalue weighted by molar-refractivity contribution is -0.137. The van der Waals surface area contributed by atoms with Crippen LogP contribution in [0.3, 0.4) is 0 Å². The van der Waals surface area contributed by atoms with Crippen LogP contribution in [0.1, 0.15) is 49.8 Å². The summed E-state index contributed by atoms with van der Waals surface area (Å²) in [5.41, 5.74) is -0.0214. The summed E-state index contributed by atoms with van der Waals surface area (Å²) in [7, 11) is 0. The molecule has 0 amide bonds. The van der Waals surface area contributed by atoms with E-state index in [-0.39, 0.29) is 29.4 Å². The Bertz CT molecular complexity index is 1590. The third kappa shape index (κ3) is 5.42. The molecule has 0 bridgehead atoms. The number of hydrogen-bond acceptors (Lipinski definition) is 10. The summed E-state index contributed by atoms with van der Waals surface area (Å²) < 4.78 is 44.8. The highest BCUT2D eigenvalue weighted by Gasteiger charge is 2.48.